The van der Waals surface area contributed by atoms with Crippen LogP contribution < -0.4 is 0 Å². The van der Waals surface area contributed by atoms with E-state index in [0.29, 0.717) is 0 Å². The molecular formula is C6H8O5. The van der Waals surface area contributed by atoms with Crippen LogP contribution in [0, 0.1) is 0 Å². The molecule has 1 rings (SSSR count). The number of aliphatic carboxylic acids is 1. The van der Waals surface area contributed by atoms with Gasteiger partial charge in [0.05, 0.1) is 13.0 Å². The van der Waals surface area contributed by atoms with Crippen LogP contribution in [0.3, 0.4) is 0 Å². The summed E-state index contributed by atoms with van der Waals surface area (Å²) in [6, 6.07) is 0. The molecule has 0 aromatic heterocycles. The van der Waals surface area contributed by atoms with Crippen LogP contribution in [0.15, 0.2) is 0 Å². The minimum Gasteiger partial charge on any atom is -0.478 e. The zero-order valence-electron chi connectivity index (χ0n) is 5.74. The molecule has 0 bridgehead atoms. The van der Waals surface area contributed by atoms with E-state index in [2.05, 4.69) is 4.74 Å². The van der Waals surface area contributed by atoms with Gasteiger partial charge in [0, 0.05) is 6.42 Å². The summed E-state index contributed by atoms with van der Waals surface area (Å²) in [6.45, 7) is -0.659. The van der Waals surface area contributed by atoms with Gasteiger partial charge in [-0.2, -0.15) is 0 Å². The summed E-state index contributed by atoms with van der Waals surface area (Å²) in [7, 11) is 0. The van der Waals surface area contributed by atoms with Crippen LogP contribution in [0.5, 0.6) is 0 Å². The first kappa shape index (κ1) is 8.00. The third-order valence-electron chi connectivity index (χ3n) is 1.69. The number of hydrogen-bond donors (Lipinski definition) is 2. The molecule has 0 aliphatic carbocycles. The summed E-state index contributed by atoms with van der Waals surface area (Å²) in [4.78, 5) is 21.0. The van der Waals surface area contributed by atoms with Crippen molar-refractivity contribution in [1.29, 1.82) is 0 Å². The van der Waals surface area contributed by atoms with Gasteiger partial charge < -0.3 is 14.9 Å². The first-order valence-electron chi connectivity index (χ1n) is 3.17. The number of carbonyl (C=O) groups excluding carboxylic acids is 1. The molecule has 2 N–H and O–H groups in total. The fourth-order valence-corrected chi connectivity index (χ4v) is 0.953. The number of hydrogen-bond acceptors (Lipinski definition) is 4. The summed E-state index contributed by atoms with van der Waals surface area (Å²) < 4.78 is 4.47. The minimum absolute atomic E-state index is 0.0532. The molecule has 1 atom stereocenters. The van der Waals surface area contributed by atoms with Gasteiger partial charge >= 0.3 is 11.9 Å². The van der Waals surface area contributed by atoms with Crippen LogP contribution in [0.25, 0.3) is 0 Å². The molecule has 1 fully saturated rings. The van der Waals surface area contributed by atoms with Crippen molar-refractivity contribution < 1.29 is 24.5 Å². The van der Waals surface area contributed by atoms with Gasteiger partial charge in [-0.25, -0.2) is 4.79 Å². The molecule has 0 amide bonds. The van der Waals surface area contributed by atoms with Crippen LogP contribution in [-0.2, 0) is 14.3 Å². The maximum atomic E-state index is 10.5. The Bertz CT molecular complexity index is 199. The number of aliphatic hydroxyl groups excluding tert-OH is 1. The van der Waals surface area contributed by atoms with Crippen molar-refractivity contribution in [1.82, 2.24) is 0 Å². The smallest absolute Gasteiger partial charge is 0.350 e. The molecule has 0 aromatic rings. The molecule has 0 unspecified atom stereocenters. The maximum Gasteiger partial charge on any atom is 0.350 e. The molecule has 5 nitrogen and oxygen atoms in total. The van der Waals surface area contributed by atoms with Crippen LogP contribution in [0.1, 0.15) is 12.8 Å². The zero-order chi connectivity index (χ0) is 8.48. The van der Waals surface area contributed by atoms with Crippen molar-refractivity contribution >= 4 is 11.9 Å². The lowest BCUT2D eigenvalue weighted by molar-refractivity contribution is -0.173. The summed E-state index contributed by atoms with van der Waals surface area (Å²) in [6.07, 6.45) is 0.116. The summed E-state index contributed by atoms with van der Waals surface area (Å²) in [5, 5.41) is 17.2. The number of carboxylic acid groups (broad SMARTS) is 1. The second-order valence-electron chi connectivity index (χ2n) is 2.43. The van der Waals surface area contributed by atoms with Gasteiger partial charge in [0.15, 0.2) is 0 Å². The lowest BCUT2D eigenvalue weighted by Gasteiger charge is -2.18. The molecule has 1 aliphatic rings. The molecule has 0 aromatic carbocycles. The third kappa shape index (κ3) is 1.19. The predicted molar refractivity (Wildman–Crippen MR) is 32.8 cm³/mol. The van der Waals surface area contributed by atoms with Crippen LogP contribution in [0.4, 0.5) is 0 Å². The topological polar surface area (TPSA) is 83.8 Å². The Morgan fingerprint density at radius 2 is 2.36 bits per heavy atom. The number of carbonyl (C=O) groups is 2. The van der Waals surface area contributed by atoms with Gasteiger partial charge in [-0.15, -0.1) is 0 Å². The first-order valence-corrected chi connectivity index (χ1v) is 3.17. The molecule has 11 heavy (non-hydrogen) atoms. The van der Waals surface area contributed by atoms with Gasteiger partial charge in [-0.3, -0.25) is 4.79 Å². The van der Waals surface area contributed by atoms with Crippen molar-refractivity contribution in [3.63, 3.8) is 0 Å². The van der Waals surface area contributed by atoms with Gasteiger partial charge in [0.25, 0.3) is 0 Å². The fourth-order valence-electron chi connectivity index (χ4n) is 0.953. The van der Waals surface area contributed by atoms with E-state index in [1.807, 2.05) is 0 Å². The zero-order valence-corrected chi connectivity index (χ0v) is 5.74. The highest BCUT2D eigenvalue weighted by atomic mass is 16.6. The Hall–Kier alpha value is -1.10. The van der Waals surface area contributed by atoms with Gasteiger partial charge in [-0.1, -0.05) is 0 Å². The number of carboxylic acids is 1. The number of ether oxygens (including phenoxy) is 1. The lowest BCUT2D eigenvalue weighted by Crippen LogP contribution is -2.41. The summed E-state index contributed by atoms with van der Waals surface area (Å²) >= 11 is 0. The molecule has 0 saturated carbocycles. The lowest BCUT2D eigenvalue weighted by atomic mass is 10.0. The monoisotopic (exact) mass is 160 g/mol. The molecule has 62 valence electrons. The number of esters is 1. The number of cyclic esters (lactones) is 1. The molecule has 5 heteroatoms. The minimum atomic E-state index is -1.67. The van der Waals surface area contributed by atoms with Crippen molar-refractivity contribution in [3.8, 4) is 0 Å². The second-order valence-corrected chi connectivity index (χ2v) is 2.43. The van der Waals surface area contributed by atoms with Crippen molar-refractivity contribution in [2.24, 2.45) is 0 Å². The fraction of sp³-hybridized carbons (Fsp3) is 0.667. The van der Waals surface area contributed by atoms with Crippen molar-refractivity contribution in [2.45, 2.75) is 18.4 Å². The summed E-state index contributed by atoms with van der Waals surface area (Å²) in [5.74, 6) is -1.85. The highest BCUT2D eigenvalue weighted by Gasteiger charge is 2.47. The van der Waals surface area contributed by atoms with Gasteiger partial charge in [0.2, 0.25) is 5.60 Å². The highest BCUT2D eigenvalue weighted by Crippen LogP contribution is 2.26. The second kappa shape index (κ2) is 2.50. The molecule has 1 heterocycles. The van der Waals surface area contributed by atoms with Crippen LogP contribution >= 0.6 is 0 Å². The Kier molecular flexibility index (Phi) is 1.82. The molecular weight excluding hydrogens is 152 g/mol. The van der Waals surface area contributed by atoms with E-state index in [9.17, 15) is 9.59 Å². The Balaban J connectivity index is 2.78. The Morgan fingerprint density at radius 3 is 2.55 bits per heavy atom. The third-order valence-corrected chi connectivity index (χ3v) is 1.69. The first-order chi connectivity index (χ1) is 5.10. The van der Waals surface area contributed by atoms with Crippen molar-refractivity contribution in [2.75, 3.05) is 6.61 Å². The summed E-state index contributed by atoms with van der Waals surface area (Å²) in [5.41, 5.74) is -1.67. The van der Waals surface area contributed by atoms with E-state index in [-0.39, 0.29) is 12.8 Å². The quantitative estimate of drug-likeness (QED) is 0.513. The van der Waals surface area contributed by atoms with E-state index < -0.39 is 24.1 Å². The normalized spacial score (nSPS) is 30.1. The largest absolute Gasteiger partial charge is 0.478 e. The highest BCUT2D eigenvalue weighted by molar-refractivity contribution is 5.85. The van der Waals surface area contributed by atoms with Crippen LogP contribution in [0.2, 0.25) is 0 Å². The van der Waals surface area contributed by atoms with E-state index in [1.165, 1.54) is 0 Å². The average Bonchev–Trinajstić information content (AvgIpc) is 2.33. The molecule has 1 aliphatic heterocycles. The number of aliphatic hydroxyl groups is 1. The van der Waals surface area contributed by atoms with Gasteiger partial charge in [0.1, 0.15) is 0 Å². The predicted octanol–water partition coefficient (Wildman–Crippen LogP) is -0.861. The van der Waals surface area contributed by atoms with E-state index >= 15 is 0 Å². The Labute approximate surface area is 62.6 Å². The Morgan fingerprint density at radius 1 is 1.73 bits per heavy atom. The van der Waals surface area contributed by atoms with Gasteiger partial charge in [-0.05, 0) is 0 Å². The maximum absolute atomic E-state index is 10.5. The van der Waals surface area contributed by atoms with Crippen molar-refractivity contribution in [3.05, 3.63) is 0 Å². The average molecular weight is 160 g/mol. The molecule has 0 spiro atoms. The van der Waals surface area contributed by atoms with E-state index in [4.69, 9.17) is 10.2 Å². The van der Waals surface area contributed by atoms with E-state index in [1.54, 1.807) is 0 Å². The van der Waals surface area contributed by atoms with Crippen LogP contribution in [-0.4, -0.2) is 34.4 Å². The molecule has 0 radical (unpaired) electrons. The van der Waals surface area contributed by atoms with E-state index in [0.717, 1.165) is 0 Å². The standard InChI is InChI=1S/C6H8O5/c7-3-6(5(9)10)2-1-4(8)11-6/h7H,1-3H2,(H,9,10)/t6-/m1/s1. The molecule has 1 saturated heterocycles. The number of rotatable bonds is 2. The SMILES string of the molecule is O=C1CC[C@@](CO)(C(=O)O)O1.